The molecule has 1 atom stereocenters. The minimum Gasteiger partial charge on any atom is -0.481 e. The summed E-state index contributed by atoms with van der Waals surface area (Å²) in [5, 5.41) is 3.51. The lowest BCUT2D eigenvalue weighted by Gasteiger charge is -2.17. The minimum absolute atomic E-state index is 0.172. The lowest BCUT2D eigenvalue weighted by atomic mass is 10.2. The van der Waals surface area contributed by atoms with E-state index < -0.39 is 6.10 Å². The van der Waals surface area contributed by atoms with Crippen molar-refractivity contribution in [3.63, 3.8) is 0 Å². The Morgan fingerprint density at radius 3 is 2.46 bits per heavy atom. The zero-order chi connectivity index (χ0) is 19.8. The normalized spacial score (nSPS) is 11.6. The predicted octanol–water partition coefficient (Wildman–Crippen LogP) is 6.43. The molecular formula is C23H22ClNO2S. The Kier molecular flexibility index (Phi) is 7.40. The van der Waals surface area contributed by atoms with Crippen LogP contribution in [-0.2, 0) is 10.5 Å². The number of thioether (sulfide) groups is 1. The third-order valence-electron chi connectivity index (χ3n) is 4.11. The van der Waals surface area contributed by atoms with Gasteiger partial charge in [0, 0.05) is 21.4 Å². The van der Waals surface area contributed by atoms with Crippen molar-refractivity contribution in [2.24, 2.45) is 0 Å². The Morgan fingerprint density at radius 1 is 1.04 bits per heavy atom. The Balaban J connectivity index is 1.55. The molecule has 0 aromatic heterocycles. The standard InChI is InChI=1S/C23H22ClNO2S/c1-2-22(27-20-8-6-7-18(24)15-20)23(26)25-19-13-11-17(12-14-19)16-28-21-9-4-3-5-10-21/h3-15,22H,2,16H2,1H3,(H,25,26). The third-order valence-corrected chi connectivity index (χ3v) is 5.43. The van der Waals surface area contributed by atoms with Gasteiger partial charge < -0.3 is 10.1 Å². The maximum absolute atomic E-state index is 12.6. The number of benzene rings is 3. The highest BCUT2D eigenvalue weighted by Gasteiger charge is 2.18. The SMILES string of the molecule is CCC(Oc1cccc(Cl)c1)C(=O)Nc1ccc(CSc2ccccc2)cc1. The Morgan fingerprint density at radius 2 is 1.79 bits per heavy atom. The molecule has 144 valence electrons. The van der Waals surface area contributed by atoms with Crippen LogP contribution in [-0.4, -0.2) is 12.0 Å². The van der Waals surface area contributed by atoms with Gasteiger partial charge in [0.15, 0.2) is 6.10 Å². The Bertz CT molecular complexity index is 900. The van der Waals surface area contributed by atoms with Crippen LogP contribution in [0, 0.1) is 0 Å². The van der Waals surface area contributed by atoms with Gasteiger partial charge in [0.05, 0.1) is 0 Å². The number of carbonyl (C=O) groups is 1. The number of hydrogen-bond donors (Lipinski definition) is 1. The van der Waals surface area contributed by atoms with Crippen molar-refractivity contribution in [1.29, 1.82) is 0 Å². The predicted molar refractivity (Wildman–Crippen MR) is 117 cm³/mol. The number of halogens is 1. The molecule has 5 heteroatoms. The van der Waals surface area contributed by atoms with Gasteiger partial charge in [-0.3, -0.25) is 4.79 Å². The molecule has 3 aromatic carbocycles. The van der Waals surface area contributed by atoms with Gasteiger partial charge in [0.1, 0.15) is 5.75 Å². The summed E-state index contributed by atoms with van der Waals surface area (Å²) in [6, 6.07) is 25.3. The number of nitrogens with one attached hydrogen (secondary N) is 1. The zero-order valence-corrected chi connectivity index (χ0v) is 17.2. The van der Waals surface area contributed by atoms with Crippen molar-refractivity contribution in [3.05, 3.63) is 89.4 Å². The smallest absolute Gasteiger partial charge is 0.265 e. The van der Waals surface area contributed by atoms with Gasteiger partial charge in [0.2, 0.25) is 0 Å². The first kappa shape index (κ1) is 20.3. The van der Waals surface area contributed by atoms with Crippen molar-refractivity contribution in [2.45, 2.75) is 30.1 Å². The molecule has 0 bridgehead atoms. The van der Waals surface area contributed by atoms with Crippen LogP contribution < -0.4 is 10.1 Å². The van der Waals surface area contributed by atoms with E-state index in [1.807, 2.05) is 49.4 Å². The Hall–Kier alpha value is -2.43. The topological polar surface area (TPSA) is 38.3 Å². The molecule has 0 aliphatic carbocycles. The first-order valence-corrected chi connectivity index (χ1v) is 10.5. The highest BCUT2D eigenvalue weighted by molar-refractivity contribution is 7.98. The number of carbonyl (C=O) groups excluding carboxylic acids is 1. The maximum atomic E-state index is 12.6. The quantitative estimate of drug-likeness (QED) is 0.434. The molecular weight excluding hydrogens is 390 g/mol. The average molecular weight is 412 g/mol. The van der Waals surface area contributed by atoms with Crippen LogP contribution in [0.15, 0.2) is 83.8 Å². The van der Waals surface area contributed by atoms with E-state index in [1.165, 1.54) is 10.5 Å². The van der Waals surface area contributed by atoms with Crippen LogP contribution in [0.25, 0.3) is 0 Å². The average Bonchev–Trinajstić information content (AvgIpc) is 2.72. The van der Waals surface area contributed by atoms with Gasteiger partial charge in [-0.1, -0.05) is 54.9 Å². The molecule has 3 aromatic rings. The van der Waals surface area contributed by atoms with Gasteiger partial charge in [0.25, 0.3) is 5.91 Å². The minimum atomic E-state index is -0.577. The second kappa shape index (κ2) is 10.2. The number of anilines is 1. The lowest BCUT2D eigenvalue weighted by Crippen LogP contribution is -2.32. The highest BCUT2D eigenvalue weighted by atomic mass is 35.5. The zero-order valence-electron chi connectivity index (χ0n) is 15.6. The molecule has 1 unspecified atom stereocenters. The van der Waals surface area contributed by atoms with Crippen LogP contribution in [0.5, 0.6) is 5.75 Å². The fourth-order valence-electron chi connectivity index (χ4n) is 2.62. The summed E-state index contributed by atoms with van der Waals surface area (Å²) in [6.07, 6.45) is -0.0174. The van der Waals surface area contributed by atoms with Gasteiger partial charge in [-0.2, -0.15) is 0 Å². The van der Waals surface area contributed by atoms with Crippen molar-refractivity contribution in [1.82, 2.24) is 0 Å². The summed E-state index contributed by atoms with van der Waals surface area (Å²) >= 11 is 7.76. The molecule has 0 radical (unpaired) electrons. The summed E-state index contributed by atoms with van der Waals surface area (Å²) in [4.78, 5) is 13.8. The number of rotatable bonds is 8. The molecule has 3 rings (SSSR count). The lowest BCUT2D eigenvalue weighted by molar-refractivity contribution is -0.122. The van der Waals surface area contributed by atoms with E-state index >= 15 is 0 Å². The number of ether oxygens (including phenoxy) is 1. The van der Waals surface area contributed by atoms with Crippen LogP contribution >= 0.6 is 23.4 Å². The van der Waals surface area contributed by atoms with Crippen molar-refractivity contribution >= 4 is 35.0 Å². The van der Waals surface area contributed by atoms with E-state index in [2.05, 4.69) is 17.4 Å². The van der Waals surface area contributed by atoms with Gasteiger partial charge in [-0.15, -0.1) is 11.8 Å². The number of amides is 1. The highest BCUT2D eigenvalue weighted by Crippen LogP contribution is 2.23. The van der Waals surface area contributed by atoms with E-state index in [4.69, 9.17) is 16.3 Å². The second-order valence-corrected chi connectivity index (χ2v) is 7.75. The molecule has 3 nitrogen and oxygen atoms in total. The largest absolute Gasteiger partial charge is 0.481 e. The van der Waals surface area contributed by atoms with Crippen LogP contribution in [0.2, 0.25) is 5.02 Å². The van der Waals surface area contributed by atoms with Crippen LogP contribution in [0.4, 0.5) is 5.69 Å². The molecule has 0 fully saturated rings. The van der Waals surface area contributed by atoms with E-state index in [9.17, 15) is 4.79 Å². The molecule has 1 amide bonds. The summed E-state index contributed by atoms with van der Waals surface area (Å²) in [5.41, 5.74) is 1.96. The van der Waals surface area contributed by atoms with E-state index in [1.54, 1.807) is 36.0 Å². The Labute approximate surface area is 175 Å². The van der Waals surface area contributed by atoms with Gasteiger partial charge >= 0.3 is 0 Å². The number of hydrogen-bond acceptors (Lipinski definition) is 3. The summed E-state index contributed by atoms with van der Waals surface area (Å²) in [5.74, 6) is 1.30. The molecule has 0 heterocycles. The molecule has 28 heavy (non-hydrogen) atoms. The summed E-state index contributed by atoms with van der Waals surface area (Å²) in [6.45, 7) is 1.92. The van der Waals surface area contributed by atoms with Gasteiger partial charge in [-0.25, -0.2) is 0 Å². The molecule has 0 aliphatic heterocycles. The fraction of sp³-hybridized carbons (Fsp3) is 0.174. The second-order valence-electron chi connectivity index (χ2n) is 6.26. The van der Waals surface area contributed by atoms with E-state index in [0.29, 0.717) is 17.2 Å². The van der Waals surface area contributed by atoms with Crippen molar-refractivity contribution in [3.8, 4) is 5.75 Å². The third kappa shape index (κ3) is 6.04. The monoisotopic (exact) mass is 411 g/mol. The first-order valence-electron chi connectivity index (χ1n) is 9.14. The first-order chi connectivity index (χ1) is 13.6. The molecule has 0 aliphatic rings. The van der Waals surface area contributed by atoms with Crippen molar-refractivity contribution < 1.29 is 9.53 Å². The summed E-state index contributed by atoms with van der Waals surface area (Å²) < 4.78 is 5.79. The summed E-state index contributed by atoms with van der Waals surface area (Å²) in [7, 11) is 0. The van der Waals surface area contributed by atoms with E-state index in [0.717, 1.165) is 11.4 Å². The maximum Gasteiger partial charge on any atom is 0.265 e. The van der Waals surface area contributed by atoms with Gasteiger partial charge in [-0.05, 0) is 54.4 Å². The fourth-order valence-corrected chi connectivity index (χ4v) is 3.67. The van der Waals surface area contributed by atoms with Crippen molar-refractivity contribution in [2.75, 3.05) is 5.32 Å². The molecule has 1 N–H and O–H groups in total. The van der Waals surface area contributed by atoms with Crippen LogP contribution in [0.3, 0.4) is 0 Å². The van der Waals surface area contributed by atoms with E-state index in [-0.39, 0.29) is 5.91 Å². The molecule has 0 saturated heterocycles. The molecule has 0 spiro atoms. The van der Waals surface area contributed by atoms with Crippen LogP contribution in [0.1, 0.15) is 18.9 Å². The molecule has 0 saturated carbocycles.